The molecule has 5 N–H and O–H groups in total. The predicted molar refractivity (Wildman–Crippen MR) is 78.0 cm³/mol. The summed E-state index contributed by atoms with van der Waals surface area (Å²) in [5.74, 6) is -0.0420. The van der Waals surface area contributed by atoms with Crippen molar-refractivity contribution in [1.82, 2.24) is 10.2 Å². The van der Waals surface area contributed by atoms with Crippen LogP contribution in [0.15, 0.2) is 18.2 Å². The molecule has 2 amide bonds. The lowest BCUT2D eigenvalue weighted by atomic mass is 9.95. The summed E-state index contributed by atoms with van der Waals surface area (Å²) in [5, 5.41) is 2.65. The van der Waals surface area contributed by atoms with E-state index < -0.39 is 0 Å². The largest absolute Gasteiger partial charge is 0.399 e. The van der Waals surface area contributed by atoms with Crippen molar-refractivity contribution in [2.24, 2.45) is 5.92 Å². The van der Waals surface area contributed by atoms with Gasteiger partial charge in [0.15, 0.2) is 0 Å². The molecule has 1 aliphatic rings. The summed E-state index contributed by atoms with van der Waals surface area (Å²) in [7, 11) is 1.63. The van der Waals surface area contributed by atoms with E-state index >= 15 is 0 Å². The van der Waals surface area contributed by atoms with Crippen LogP contribution in [0.2, 0.25) is 0 Å². The zero-order valence-electron chi connectivity index (χ0n) is 11.6. The minimum atomic E-state index is -0.0839. The SMILES string of the molecule is CNC(=O)C1CCN(C(=O)c2cc(N)cc(N)c2)CC1. The Hall–Kier alpha value is -2.24. The van der Waals surface area contributed by atoms with E-state index in [1.807, 2.05) is 0 Å². The number of nitrogens with one attached hydrogen (secondary N) is 1. The molecular formula is C14H20N4O2. The number of hydrogen-bond donors (Lipinski definition) is 3. The first kappa shape index (κ1) is 14.2. The smallest absolute Gasteiger partial charge is 0.254 e. The van der Waals surface area contributed by atoms with E-state index in [2.05, 4.69) is 5.32 Å². The Bertz CT molecular complexity index is 502. The number of nitrogens with zero attached hydrogens (tertiary/aromatic N) is 1. The number of likely N-dealkylation sites (tertiary alicyclic amines) is 1. The Morgan fingerprint density at radius 3 is 2.20 bits per heavy atom. The molecule has 1 aliphatic heterocycles. The minimum Gasteiger partial charge on any atom is -0.399 e. The van der Waals surface area contributed by atoms with E-state index in [1.165, 1.54) is 0 Å². The van der Waals surface area contributed by atoms with Gasteiger partial charge in [0, 0.05) is 43.0 Å². The van der Waals surface area contributed by atoms with Crippen molar-refractivity contribution in [1.29, 1.82) is 0 Å². The van der Waals surface area contributed by atoms with Crippen LogP contribution in [0.3, 0.4) is 0 Å². The summed E-state index contributed by atoms with van der Waals surface area (Å²) in [5.41, 5.74) is 12.9. The number of amides is 2. The fourth-order valence-electron chi connectivity index (χ4n) is 2.53. The number of piperidine rings is 1. The Kier molecular flexibility index (Phi) is 4.12. The molecule has 0 bridgehead atoms. The van der Waals surface area contributed by atoms with Gasteiger partial charge in [-0.3, -0.25) is 9.59 Å². The topological polar surface area (TPSA) is 101 Å². The molecule has 1 fully saturated rings. The number of hydrogen-bond acceptors (Lipinski definition) is 4. The standard InChI is InChI=1S/C14H20N4O2/c1-17-13(19)9-2-4-18(5-3-9)14(20)10-6-11(15)8-12(16)7-10/h6-9H,2-5,15-16H2,1H3,(H,17,19). The molecule has 1 aromatic carbocycles. The molecule has 1 saturated heterocycles. The molecule has 0 atom stereocenters. The quantitative estimate of drug-likeness (QED) is 0.682. The van der Waals surface area contributed by atoms with Crippen molar-refractivity contribution in [3.63, 3.8) is 0 Å². The van der Waals surface area contributed by atoms with Crippen molar-refractivity contribution in [3.05, 3.63) is 23.8 Å². The highest BCUT2D eigenvalue weighted by Gasteiger charge is 2.27. The van der Waals surface area contributed by atoms with Crippen LogP contribution in [-0.4, -0.2) is 36.9 Å². The number of rotatable bonds is 2. The summed E-state index contributed by atoms with van der Waals surface area (Å²) in [4.78, 5) is 25.7. The van der Waals surface area contributed by atoms with Crippen LogP contribution in [0.1, 0.15) is 23.2 Å². The third kappa shape index (κ3) is 3.01. The maximum atomic E-state index is 12.4. The highest BCUT2D eigenvalue weighted by atomic mass is 16.2. The van der Waals surface area contributed by atoms with E-state index in [1.54, 1.807) is 30.1 Å². The molecule has 2 rings (SSSR count). The van der Waals surface area contributed by atoms with Gasteiger partial charge < -0.3 is 21.7 Å². The molecule has 20 heavy (non-hydrogen) atoms. The molecule has 0 spiro atoms. The summed E-state index contributed by atoms with van der Waals surface area (Å²) in [6.45, 7) is 1.15. The van der Waals surface area contributed by atoms with Crippen LogP contribution >= 0.6 is 0 Å². The molecular weight excluding hydrogens is 256 g/mol. The second kappa shape index (κ2) is 5.81. The molecule has 108 valence electrons. The Labute approximate surface area is 118 Å². The Balaban J connectivity index is 2.03. The normalized spacial score (nSPS) is 15.9. The first-order valence-electron chi connectivity index (χ1n) is 6.68. The van der Waals surface area contributed by atoms with E-state index in [4.69, 9.17) is 11.5 Å². The highest BCUT2D eigenvalue weighted by molar-refractivity contribution is 5.96. The van der Waals surface area contributed by atoms with Gasteiger partial charge >= 0.3 is 0 Å². The van der Waals surface area contributed by atoms with Crippen molar-refractivity contribution in [3.8, 4) is 0 Å². The zero-order valence-corrected chi connectivity index (χ0v) is 11.6. The fraction of sp³-hybridized carbons (Fsp3) is 0.429. The number of carbonyl (C=O) groups is 2. The van der Waals surface area contributed by atoms with Gasteiger partial charge in [-0.25, -0.2) is 0 Å². The second-order valence-corrected chi connectivity index (χ2v) is 5.07. The van der Waals surface area contributed by atoms with Crippen LogP contribution in [-0.2, 0) is 4.79 Å². The van der Waals surface area contributed by atoms with Gasteiger partial charge in [-0.2, -0.15) is 0 Å². The Morgan fingerprint density at radius 2 is 1.70 bits per heavy atom. The van der Waals surface area contributed by atoms with Gasteiger partial charge in [0.2, 0.25) is 5.91 Å². The third-order valence-electron chi connectivity index (χ3n) is 3.62. The number of benzene rings is 1. The molecule has 1 heterocycles. The highest BCUT2D eigenvalue weighted by Crippen LogP contribution is 2.21. The van der Waals surface area contributed by atoms with Gasteiger partial charge in [0.25, 0.3) is 5.91 Å². The fourth-order valence-corrected chi connectivity index (χ4v) is 2.53. The average Bonchev–Trinajstić information content (AvgIpc) is 2.45. The summed E-state index contributed by atoms with van der Waals surface area (Å²) >= 11 is 0. The lowest BCUT2D eigenvalue weighted by Gasteiger charge is -2.31. The van der Waals surface area contributed by atoms with Crippen molar-refractivity contribution in [2.75, 3.05) is 31.6 Å². The molecule has 6 heteroatoms. The lowest BCUT2D eigenvalue weighted by molar-refractivity contribution is -0.125. The van der Waals surface area contributed by atoms with Gasteiger partial charge in [-0.1, -0.05) is 0 Å². The molecule has 0 saturated carbocycles. The maximum absolute atomic E-state index is 12.4. The monoisotopic (exact) mass is 276 g/mol. The van der Waals surface area contributed by atoms with E-state index in [-0.39, 0.29) is 17.7 Å². The lowest BCUT2D eigenvalue weighted by Crippen LogP contribution is -2.42. The number of nitrogens with two attached hydrogens (primary N) is 2. The zero-order chi connectivity index (χ0) is 14.7. The van der Waals surface area contributed by atoms with Crippen molar-refractivity contribution >= 4 is 23.2 Å². The predicted octanol–water partition coefficient (Wildman–Crippen LogP) is 0.449. The minimum absolute atomic E-state index is 0.00466. The first-order chi connectivity index (χ1) is 9.51. The van der Waals surface area contributed by atoms with Gasteiger partial charge in [0.1, 0.15) is 0 Å². The molecule has 0 unspecified atom stereocenters. The van der Waals surface area contributed by atoms with Crippen LogP contribution in [0.4, 0.5) is 11.4 Å². The average molecular weight is 276 g/mol. The molecule has 1 aromatic rings. The van der Waals surface area contributed by atoms with Crippen LogP contribution in [0.5, 0.6) is 0 Å². The third-order valence-corrected chi connectivity index (χ3v) is 3.62. The van der Waals surface area contributed by atoms with Crippen molar-refractivity contribution < 1.29 is 9.59 Å². The molecule has 0 aliphatic carbocycles. The Morgan fingerprint density at radius 1 is 1.15 bits per heavy atom. The van der Waals surface area contributed by atoms with E-state index in [0.717, 1.165) is 0 Å². The van der Waals surface area contributed by atoms with Gasteiger partial charge in [-0.05, 0) is 31.0 Å². The van der Waals surface area contributed by atoms with E-state index in [9.17, 15) is 9.59 Å². The second-order valence-electron chi connectivity index (χ2n) is 5.07. The summed E-state index contributed by atoms with van der Waals surface area (Å²) in [6, 6.07) is 4.88. The van der Waals surface area contributed by atoms with Crippen LogP contribution in [0, 0.1) is 5.92 Å². The summed E-state index contributed by atoms with van der Waals surface area (Å²) < 4.78 is 0. The van der Waals surface area contributed by atoms with E-state index in [0.29, 0.717) is 42.9 Å². The van der Waals surface area contributed by atoms with Gasteiger partial charge in [-0.15, -0.1) is 0 Å². The molecule has 0 radical (unpaired) electrons. The van der Waals surface area contributed by atoms with Crippen molar-refractivity contribution in [2.45, 2.75) is 12.8 Å². The number of carbonyl (C=O) groups excluding carboxylic acids is 2. The molecule has 0 aromatic heterocycles. The van der Waals surface area contributed by atoms with Crippen LogP contribution < -0.4 is 16.8 Å². The molecule has 6 nitrogen and oxygen atoms in total. The number of nitrogen functional groups attached to an aromatic ring is 2. The number of anilines is 2. The maximum Gasteiger partial charge on any atom is 0.254 e. The summed E-state index contributed by atoms with van der Waals surface area (Å²) in [6.07, 6.45) is 1.37. The van der Waals surface area contributed by atoms with Gasteiger partial charge in [0.05, 0.1) is 0 Å². The van der Waals surface area contributed by atoms with Crippen LogP contribution in [0.25, 0.3) is 0 Å². The first-order valence-corrected chi connectivity index (χ1v) is 6.68.